The summed E-state index contributed by atoms with van der Waals surface area (Å²) in [4.78, 5) is 4.05. The largest absolute Gasteiger partial charge is 0.308 e. The second-order valence-electron chi connectivity index (χ2n) is 4.12. The van der Waals surface area contributed by atoms with Crippen molar-refractivity contribution in [3.8, 4) is 0 Å². The number of rotatable bonds is 6. The number of halogens is 2. The Labute approximate surface area is 95.1 Å². The summed E-state index contributed by atoms with van der Waals surface area (Å²) >= 11 is 0. The molecule has 0 fully saturated rings. The maximum Gasteiger partial charge on any atom is 0.141 e. The molecule has 1 heterocycles. The summed E-state index contributed by atoms with van der Waals surface area (Å²) in [5, 5.41) is 3.23. The van der Waals surface area contributed by atoms with Gasteiger partial charge in [-0.05, 0) is 31.0 Å². The van der Waals surface area contributed by atoms with Gasteiger partial charge in [-0.3, -0.25) is 9.37 Å². The fraction of sp³-hybridized carbons (Fsp3) is 0.583. The second-order valence-corrected chi connectivity index (χ2v) is 4.12. The van der Waals surface area contributed by atoms with Crippen molar-refractivity contribution in [1.82, 2.24) is 10.3 Å². The number of nitrogens with zero attached hydrogens (tertiary/aromatic N) is 1. The topological polar surface area (TPSA) is 24.9 Å². The van der Waals surface area contributed by atoms with Crippen molar-refractivity contribution in [3.05, 3.63) is 29.8 Å². The molecular weight excluding hydrogens is 210 g/mol. The van der Waals surface area contributed by atoms with E-state index in [2.05, 4.69) is 24.1 Å². The quantitative estimate of drug-likeness (QED) is 0.757. The Morgan fingerprint density at radius 3 is 2.62 bits per heavy atom. The van der Waals surface area contributed by atoms with E-state index in [1.54, 1.807) is 6.07 Å². The van der Waals surface area contributed by atoms with Gasteiger partial charge in [-0.1, -0.05) is 13.8 Å². The molecule has 0 aliphatic rings. The molecule has 1 N–H and O–H groups in total. The minimum atomic E-state index is -0.338. The molecule has 0 bridgehead atoms. The van der Waals surface area contributed by atoms with E-state index in [1.807, 2.05) is 0 Å². The monoisotopic (exact) mass is 228 g/mol. The van der Waals surface area contributed by atoms with Crippen molar-refractivity contribution in [2.75, 3.05) is 13.2 Å². The lowest BCUT2D eigenvalue weighted by molar-refractivity contribution is 0.380. The van der Waals surface area contributed by atoms with Gasteiger partial charge in [0, 0.05) is 0 Å². The predicted molar refractivity (Wildman–Crippen MR) is 60.4 cm³/mol. The number of hydrogen-bond donors (Lipinski definition) is 1. The van der Waals surface area contributed by atoms with E-state index < -0.39 is 0 Å². The van der Waals surface area contributed by atoms with Crippen LogP contribution < -0.4 is 5.32 Å². The Kier molecular flexibility index (Phi) is 5.32. The number of aromatic nitrogens is 1. The molecule has 2 nitrogen and oxygen atoms in total. The van der Waals surface area contributed by atoms with Crippen LogP contribution in [0.5, 0.6) is 0 Å². The summed E-state index contributed by atoms with van der Waals surface area (Å²) in [6.07, 6.45) is 1.70. The number of hydrogen-bond acceptors (Lipinski definition) is 2. The van der Waals surface area contributed by atoms with Crippen LogP contribution in [0.3, 0.4) is 0 Å². The van der Waals surface area contributed by atoms with Crippen molar-refractivity contribution in [2.24, 2.45) is 5.92 Å². The van der Waals surface area contributed by atoms with Crippen LogP contribution in [0.2, 0.25) is 0 Å². The molecule has 0 radical (unpaired) electrons. The highest BCUT2D eigenvalue weighted by Crippen LogP contribution is 2.19. The molecule has 0 saturated heterocycles. The van der Waals surface area contributed by atoms with Gasteiger partial charge in [-0.2, -0.15) is 0 Å². The molecule has 0 aliphatic heterocycles. The van der Waals surface area contributed by atoms with Crippen molar-refractivity contribution in [3.63, 3.8) is 0 Å². The number of pyridine rings is 1. The lowest BCUT2D eigenvalue weighted by Crippen LogP contribution is -2.27. The molecule has 1 aromatic rings. The zero-order valence-corrected chi connectivity index (χ0v) is 9.71. The SMILES string of the molecule is CC(C)C(NCCCF)c1ccc(F)cn1. The Morgan fingerprint density at radius 2 is 2.12 bits per heavy atom. The van der Waals surface area contributed by atoms with E-state index in [1.165, 1.54) is 12.3 Å². The van der Waals surface area contributed by atoms with Crippen LogP contribution in [0, 0.1) is 11.7 Å². The van der Waals surface area contributed by atoms with Gasteiger partial charge in [0.15, 0.2) is 0 Å². The molecule has 1 rings (SSSR count). The lowest BCUT2D eigenvalue weighted by atomic mass is 10.0. The van der Waals surface area contributed by atoms with Crippen molar-refractivity contribution in [2.45, 2.75) is 26.3 Å². The van der Waals surface area contributed by atoms with Gasteiger partial charge < -0.3 is 5.32 Å². The van der Waals surface area contributed by atoms with Crippen molar-refractivity contribution < 1.29 is 8.78 Å². The fourth-order valence-corrected chi connectivity index (χ4v) is 1.58. The van der Waals surface area contributed by atoms with Gasteiger partial charge in [-0.15, -0.1) is 0 Å². The molecular formula is C12H18F2N2. The average Bonchev–Trinajstić information content (AvgIpc) is 2.26. The van der Waals surface area contributed by atoms with Crippen molar-refractivity contribution in [1.29, 1.82) is 0 Å². The standard InChI is InChI=1S/C12H18F2N2/c1-9(2)12(15-7-3-6-13)11-5-4-10(14)8-16-11/h4-5,8-9,12,15H,3,6-7H2,1-2H3. The molecule has 0 amide bonds. The predicted octanol–water partition coefficient (Wildman–Crippen LogP) is 2.87. The highest BCUT2D eigenvalue weighted by Gasteiger charge is 2.16. The Hall–Kier alpha value is -1.03. The van der Waals surface area contributed by atoms with Gasteiger partial charge in [0.25, 0.3) is 0 Å². The van der Waals surface area contributed by atoms with Crippen LogP contribution >= 0.6 is 0 Å². The van der Waals surface area contributed by atoms with Crippen LogP contribution in [-0.4, -0.2) is 18.2 Å². The third-order valence-corrected chi connectivity index (χ3v) is 2.41. The number of nitrogens with one attached hydrogen (secondary N) is 1. The zero-order chi connectivity index (χ0) is 12.0. The van der Waals surface area contributed by atoms with E-state index in [4.69, 9.17) is 0 Å². The molecule has 0 aromatic carbocycles. The Bertz CT molecular complexity index is 298. The maximum absolute atomic E-state index is 12.7. The Balaban J connectivity index is 2.65. The van der Waals surface area contributed by atoms with E-state index in [0.717, 1.165) is 5.69 Å². The third-order valence-electron chi connectivity index (χ3n) is 2.41. The van der Waals surface area contributed by atoms with Gasteiger partial charge >= 0.3 is 0 Å². The molecule has 1 atom stereocenters. The molecule has 0 saturated carbocycles. The lowest BCUT2D eigenvalue weighted by Gasteiger charge is -2.21. The van der Waals surface area contributed by atoms with Crippen LogP contribution in [0.15, 0.2) is 18.3 Å². The summed E-state index contributed by atoms with van der Waals surface area (Å²) in [5.41, 5.74) is 0.801. The molecule has 0 spiro atoms. The first-order valence-corrected chi connectivity index (χ1v) is 5.56. The first kappa shape index (κ1) is 13.0. The van der Waals surface area contributed by atoms with E-state index in [0.29, 0.717) is 18.9 Å². The normalized spacial score (nSPS) is 13.1. The van der Waals surface area contributed by atoms with E-state index in [-0.39, 0.29) is 18.5 Å². The molecule has 1 unspecified atom stereocenters. The number of alkyl halides is 1. The molecule has 0 aliphatic carbocycles. The van der Waals surface area contributed by atoms with E-state index >= 15 is 0 Å². The second kappa shape index (κ2) is 6.53. The first-order chi connectivity index (χ1) is 7.65. The summed E-state index contributed by atoms with van der Waals surface area (Å²) in [7, 11) is 0. The summed E-state index contributed by atoms with van der Waals surface area (Å²) < 4.78 is 24.7. The first-order valence-electron chi connectivity index (χ1n) is 5.56. The Morgan fingerprint density at radius 1 is 1.38 bits per heavy atom. The fourth-order valence-electron chi connectivity index (χ4n) is 1.58. The molecule has 1 aromatic heterocycles. The van der Waals surface area contributed by atoms with Crippen LogP contribution in [-0.2, 0) is 0 Å². The third kappa shape index (κ3) is 3.85. The summed E-state index contributed by atoms with van der Waals surface area (Å²) in [6.45, 7) is 4.39. The van der Waals surface area contributed by atoms with Crippen LogP contribution in [0.4, 0.5) is 8.78 Å². The molecule has 4 heteroatoms. The van der Waals surface area contributed by atoms with Gasteiger partial charge in [0.2, 0.25) is 0 Å². The van der Waals surface area contributed by atoms with Crippen molar-refractivity contribution >= 4 is 0 Å². The highest BCUT2D eigenvalue weighted by molar-refractivity contribution is 5.10. The summed E-state index contributed by atoms with van der Waals surface area (Å²) in [5.74, 6) is -0.00686. The minimum Gasteiger partial charge on any atom is -0.308 e. The van der Waals surface area contributed by atoms with Gasteiger partial charge in [0.05, 0.1) is 24.6 Å². The zero-order valence-electron chi connectivity index (χ0n) is 9.71. The smallest absolute Gasteiger partial charge is 0.141 e. The van der Waals surface area contributed by atoms with Gasteiger partial charge in [-0.25, -0.2) is 4.39 Å². The van der Waals surface area contributed by atoms with Crippen LogP contribution in [0.1, 0.15) is 32.0 Å². The minimum absolute atomic E-state index is 0.0483. The molecule has 16 heavy (non-hydrogen) atoms. The van der Waals surface area contributed by atoms with Gasteiger partial charge in [0.1, 0.15) is 5.82 Å². The average molecular weight is 228 g/mol. The molecule has 90 valence electrons. The maximum atomic E-state index is 12.7. The highest BCUT2D eigenvalue weighted by atomic mass is 19.1. The summed E-state index contributed by atoms with van der Waals surface area (Å²) in [6, 6.07) is 3.11. The van der Waals surface area contributed by atoms with E-state index in [9.17, 15) is 8.78 Å². The van der Waals surface area contributed by atoms with Crippen LogP contribution in [0.25, 0.3) is 0 Å².